The van der Waals surface area contributed by atoms with Crippen molar-refractivity contribution in [1.29, 1.82) is 5.26 Å². The molecule has 0 saturated heterocycles. The summed E-state index contributed by atoms with van der Waals surface area (Å²) in [5, 5.41) is 21.2. The van der Waals surface area contributed by atoms with Crippen LogP contribution in [0.25, 0.3) is 0 Å². The van der Waals surface area contributed by atoms with Crippen LogP contribution in [0.2, 0.25) is 0 Å². The molecule has 1 fully saturated rings. The number of nitrogens with zero attached hydrogens (tertiary/aromatic N) is 3. The number of aliphatic hydroxyl groups is 1. The van der Waals surface area contributed by atoms with E-state index in [2.05, 4.69) is 11.1 Å². The molecule has 1 heterocycles. The minimum atomic E-state index is -1.38. The van der Waals surface area contributed by atoms with Gasteiger partial charge in [-0.2, -0.15) is 5.26 Å². The van der Waals surface area contributed by atoms with Crippen LogP contribution in [-0.4, -0.2) is 20.3 Å². The highest BCUT2D eigenvalue weighted by atomic mass is 19.1. The van der Waals surface area contributed by atoms with Crippen molar-refractivity contribution in [3.05, 3.63) is 89.5 Å². The molecule has 142 valence electrons. The van der Waals surface area contributed by atoms with Crippen LogP contribution in [0.4, 0.5) is 8.78 Å². The van der Waals surface area contributed by atoms with E-state index in [1.807, 2.05) is 30.3 Å². The summed E-state index contributed by atoms with van der Waals surface area (Å²) in [6, 6.07) is 15.1. The number of hydrogen-bond donors (Lipinski definition) is 1. The molecule has 1 unspecified atom stereocenters. The van der Waals surface area contributed by atoms with Crippen molar-refractivity contribution in [2.75, 3.05) is 0 Å². The molecule has 2 aromatic carbocycles. The number of hydrogen-bond acceptors (Lipinski definition) is 3. The molecule has 1 atom stereocenters. The van der Waals surface area contributed by atoms with Crippen molar-refractivity contribution in [2.24, 2.45) is 0 Å². The Morgan fingerprint density at radius 3 is 2.57 bits per heavy atom. The van der Waals surface area contributed by atoms with E-state index in [4.69, 9.17) is 0 Å². The van der Waals surface area contributed by atoms with Crippen molar-refractivity contribution in [3.63, 3.8) is 0 Å². The first-order valence-electron chi connectivity index (χ1n) is 9.09. The molecule has 0 radical (unpaired) electrons. The van der Waals surface area contributed by atoms with Gasteiger partial charge in [0.05, 0.1) is 24.7 Å². The summed E-state index contributed by atoms with van der Waals surface area (Å²) in [4.78, 5) is 3.99. The summed E-state index contributed by atoms with van der Waals surface area (Å²) < 4.78 is 29.3. The minimum absolute atomic E-state index is 0.00292. The van der Waals surface area contributed by atoms with Crippen LogP contribution in [0.5, 0.6) is 0 Å². The predicted molar refractivity (Wildman–Crippen MR) is 99.3 cm³/mol. The van der Waals surface area contributed by atoms with Crippen LogP contribution >= 0.6 is 0 Å². The zero-order valence-corrected chi connectivity index (χ0v) is 15.1. The molecule has 1 saturated carbocycles. The third-order valence-corrected chi connectivity index (χ3v) is 5.72. The molecule has 0 bridgehead atoms. The van der Waals surface area contributed by atoms with Crippen molar-refractivity contribution in [2.45, 2.75) is 36.8 Å². The van der Waals surface area contributed by atoms with Crippen LogP contribution in [0, 0.1) is 23.0 Å². The van der Waals surface area contributed by atoms with Crippen LogP contribution in [0.15, 0.2) is 61.1 Å². The molecule has 0 aliphatic heterocycles. The fraction of sp³-hybridized carbons (Fsp3) is 0.273. The summed E-state index contributed by atoms with van der Waals surface area (Å²) in [7, 11) is 0. The minimum Gasteiger partial charge on any atom is -0.387 e. The van der Waals surface area contributed by atoms with Crippen LogP contribution in [-0.2, 0) is 18.4 Å². The third kappa shape index (κ3) is 3.08. The van der Waals surface area contributed by atoms with Gasteiger partial charge >= 0.3 is 0 Å². The fourth-order valence-corrected chi connectivity index (χ4v) is 4.08. The van der Waals surface area contributed by atoms with Gasteiger partial charge in [-0.05, 0) is 30.0 Å². The Kier molecular flexibility index (Phi) is 4.48. The van der Waals surface area contributed by atoms with Gasteiger partial charge < -0.3 is 9.67 Å². The summed E-state index contributed by atoms with van der Waals surface area (Å²) in [5.74, 6) is -1.34. The molecule has 1 aliphatic carbocycles. The highest BCUT2D eigenvalue weighted by Crippen LogP contribution is 2.57. The Hall–Kier alpha value is -3.04. The van der Waals surface area contributed by atoms with Gasteiger partial charge in [0.25, 0.3) is 0 Å². The second-order valence-corrected chi connectivity index (χ2v) is 7.41. The van der Waals surface area contributed by atoms with E-state index in [1.165, 1.54) is 24.7 Å². The maximum absolute atomic E-state index is 14.4. The normalized spacial score (nSPS) is 16.9. The first kappa shape index (κ1) is 18.3. The van der Waals surface area contributed by atoms with E-state index in [0.29, 0.717) is 5.69 Å². The Bertz CT molecular complexity index is 1040. The summed E-state index contributed by atoms with van der Waals surface area (Å²) in [5.41, 5.74) is -0.406. The van der Waals surface area contributed by atoms with Gasteiger partial charge in [-0.25, -0.2) is 13.8 Å². The van der Waals surface area contributed by atoms with E-state index < -0.39 is 22.7 Å². The lowest BCUT2D eigenvalue weighted by Gasteiger charge is -2.38. The maximum atomic E-state index is 14.4. The molecule has 3 aromatic rings. The van der Waals surface area contributed by atoms with Gasteiger partial charge in [0, 0.05) is 17.9 Å². The predicted octanol–water partition coefficient (Wildman–Crippen LogP) is 3.74. The van der Waals surface area contributed by atoms with E-state index >= 15 is 0 Å². The number of benzene rings is 2. The zero-order valence-electron chi connectivity index (χ0n) is 15.1. The molecule has 4 rings (SSSR count). The highest BCUT2D eigenvalue weighted by molar-refractivity contribution is 5.38. The van der Waals surface area contributed by atoms with Gasteiger partial charge in [0.1, 0.15) is 23.4 Å². The zero-order chi connectivity index (χ0) is 19.8. The second kappa shape index (κ2) is 6.84. The quantitative estimate of drug-likeness (QED) is 0.710. The standard InChI is InChI=1S/C22H19F2N3O/c23-18-7-6-16(20(24)10-18)11-22(28,14-27-15-26-13-19(27)12-25)21(8-9-21)17-4-2-1-3-5-17/h1-7,10,13,15,28H,8-9,11,14H2. The van der Waals surface area contributed by atoms with Crippen LogP contribution in [0.1, 0.15) is 29.7 Å². The van der Waals surface area contributed by atoms with Crippen molar-refractivity contribution in [1.82, 2.24) is 9.55 Å². The van der Waals surface area contributed by atoms with Crippen molar-refractivity contribution >= 4 is 0 Å². The molecule has 4 nitrogen and oxygen atoms in total. The van der Waals surface area contributed by atoms with E-state index in [-0.39, 0.29) is 18.5 Å². The largest absolute Gasteiger partial charge is 0.387 e. The third-order valence-electron chi connectivity index (χ3n) is 5.72. The topological polar surface area (TPSA) is 61.8 Å². The van der Waals surface area contributed by atoms with E-state index in [1.54, 1.807) is 4.57 Å². The average molecular weight is 379 g/mol. The van der Waals surface area contributed by atoms with Crippen molar-refractivity contribution < 1.29 is 13.9 Å². The Labute approximate surface area is 161 Å². The summed E-state index contributed by atoms with van der Waals surface area (Å²) in [6.07, 6.45) is 4.41. The van der Waals surface area contributed by atoms with Gasteiger partial charge in [-0.1, -0.05) is 36.4 Å². The average Bonchev–Trinajstić information content (AvgIpc) is 3.40. The van der Waals surface area contributed by atoms with Crippen molar-refractivity contribution in [3.8, 4) is 6.07 Å². The molecular formula is C22H19F2N3O. The monoisotopic (exact) mass is 379 g/mol. The molecule has 1 aliphatic rings. The van der Waals surface area contributed by atoms with E-state index in [9.17, 15) is 19.1 Å². The van der Waals surface area contributed by atoms with Gasteiger partial charge in [0.15, 0.2) is 0 Å². The van der Waals surface area contributed by atoms with E-state index in [0.717, 1.165) is 24.5 Å². The highest BCUT2D eigenvalue weighted by Gasteiger charge is 2.59. The Morgan fingerprint density at radius 1 is 1.18 bits per heavy atom. The molecule has 6 heteroatoms. The summed E-state index contributed by atoms with van der Waals surface area (Å²) >= 11 is 0. The SMILES string of the molecule is N#Cc1cncn1CC(O)(Cc1ccc(F)cc1F)C1(c2ccccc2)CC1. The lowest BCUT2D eigenvalue weighted by atomic mass is 9.74. The smallest absolute Gasteiger partial charge is 0.139 e. The molecule has 28 heavy (non-hydrogen) atoms. The molecule has 0 amide bonds. The van der Waals surface area contributed by atoms with Gasteiger partial charge in [0.2, 0.25) is 0 Å². The molecule has 1 aromatic heterocycles. The number of imidazole rings is 1. The molecular weight excluding hydrogens is 360 g/mol. The lowest BCUT2D eigenvalue weighted by molar-refractivity contribution is -0.0166. The summed E-state index contributed by atoms with van der Waals surface area (Å²) in [6.45, 7) is 0.0849. The lowest BCUT2D eigenvalue weighted by Crippen LogP contribution is -2.48. The number of rotatable bonds is 6. The Balaban J connectivity index is 1.78. The van der Waals surface area contributed by atoms with Gasteiger partial charge in [-0.15, -0.1) is 0 Å². The Morgan fingerprint density at radius 2 is 1.93 bits per heavy atom. The fourth-order valence-electron chi connectivity index (χ4n) is 4.08. The second-order valence-electron chi connectivity index (χ2n) is 7.41. The van der Waals surface area contributed by atoms with Crippen LogP contribution in [0.3, 0.4) is 0 Å². The maximum Gasteiger partial charge on any atom is 0.139 e. The molecule has 0 spiro atoms. The van der Waals surface area contributed by atoms with Crippen LogP contribution < -0.4 is 0 Å². The first-order valence-corrected chi connectivity index (χ1v) is 9.09. The number of nitriles is 1. The van der Waals surface area contributed by atoms with Gasteiger partial charge in [-0.3, -0.25) is 0 Å². The number of aromatic nitrogens is 2. The number of halogens is 2. The molecule has 1 N–H and O–H groups in total. The first-order chi connectivity index (χ1) is 13.5.